The number of likely N-dealkylation sites (tertiary alicyclic amines) is 1. The molecule has 5 rings (SSSR count). The summed E-state index contributed by atoms with van der Waals surface area (Å²) in [6.45, 7) is 6.36. The van der Waals surface area contributed by atoms with Crippen LogP contribution < -0.4 is 0 Å². The summed E-state index contributed by atoms with van der Waals surface area (Å²) in [6, 6.07) is 18.9. The van der Waals surface area contributed by atoms with Crippen molar-refractivity contribution in [1.82, 2.24) is 14.4 Å². The third kappa shape index (κ3) is 4.56. The first kappa shape index (κ1) is 21.5. The van der Waals surface area contributed by atoms with Crippen LogP contribution in [0.3, 0.4) is 0 Å². The van der Waals surface area contributed by atoms with Crippen molar-refractivity contribution in [3.8, 4) is 0 Å². The van der Waals surface area contributed by atoms with Gasteiger partial charge in [-0.2, -0.15) is 0 Å². The van der Waals surface area contributed by atoms with Crippen molar-refractivity contribution in [2.75, 3.05) is 39.4 Å². The van der Waals surface area contributed by atoms with E-state index < -0.39 is 0 Å². The van der Waals surface area contributed by atoms with Gasteiger partial charge in [0.25, 0.3) is 0 Å². The number of carbonyl (C=O) groups excluding carboxylic acids is 1. The van der Waals surface area contributed by atoms with Crippen molar-refractivity contribution < 1.29 is 9.53 Å². The van der Waals surface area contributed by atoms with Crippen LogP contribution >= 0.6 is 11.6 Å². The highest BCUT2D eigenvalue weighted by atomic mass is 35.5. The van der Waals surface area contributed by atoms with Gasteiger partial charge in [0.15, 0.2) is 0 Å². The van der Waals surface area contributed by atoms with E-state index in [1.54, 1.807) is 0 Å². The number of rotatable bonds is 5. The Morgan fingerprint density at radius 1 is 0.938 bits per heavy atom. The molecular formula is C26H30ClN3O2. The molecule has 168 valence electrons. The number of ether oxygens (including phenoxy) is 1. The molecule has 0 spiro atoms. The lowest BCUT2D eigenvalue weighted by atomic mass is 9.95. The largest absolute Gasteiger partial charge is 0.378 e. The number of hydrogen-bond donors (Lipinski definition) is 0. The van der Waals surface area contributed by atoms with E-state index >= 15 is 0 Å². The number of nitrogens with zero attached hydrogens (tertiary/aromatic N) is 3. The maximum absolute atomic E-state index is 12.9. The summed E-state index contributed by atoms with van der Waals surface area (Å²) in [5.41, 5.74) is 3.66. The Morgan fingerprint density at radius 3 is 2.44 bits per heavy atom. The summed E-state index contributed by atoms with van der Waals surface area (Å²) in [7, 11) is 0. The molecule has 5 nitrogen and oxygen atoms in total. The topological polar surface area (TPSA) is 37.7 Å². The molecule has 0 N–H and O–H groups in total. The average Bonchev–Trinajstić information content (AvgIpc) is 3.18. The summed E-state index contributed by atoms with van der Waals surface area (Å²) in [4.78, 5) is 17.3. The van der Waals surface area contributed by atoms with Gasteiger partial charge in [0.05, 0.1) is 13.2 Å². The van der Waals surface area contributed by atoms with Crippen LogP contribution in [-0.2, 0) is 22.6 Å². The third-order valence-electron chi connectivity index (χ3n) is 6.83. The van der Waals surface area contributed by atoms with Gasteiger partial charge in [-0.25, -0.2) is 0 Å². The molecule has 0 radical (unpaired) electrons. The van der Waals surface area contributed by atoms with Gasteiger partial charge >= 0.3 is 0 Å². The van der Waals surface area contributed by atoms with Crippen molar-refractivity contribution in [1.29, 1.82) is 0 Å². The zero-order valence-corrected chi connectivity index (χ0v) is 19.1. The van der Waals surface area contributed by atoms with E-state index in [1.807, 2.05) is 23.1 Å². The first-order valence-corrected chi connectivity index (χ1v) is 12.0. The summed E-state index contributed by atoms with van der Waals surface area (Å²) in [6.07, 6.45) is 1.86. The van der Waals surface area contributed by atoms with Crippen molar-refractivity contribution >= 4 is 28.4 Å². The first-order valence-electron chi connectivity index (χ1n) is 11.6. The van der Waals surface area contributed by atoms with Crippen LogP contribution in [-0.4, -0.2) is 59.7 Å². The fraction of sp³-hybridized carbons (Fsp3) is 0.423. The molecule has 0 unspecified atom stereocenters. The van der Waals surface area contributed by atoms with Crippen LogP contribution in [0.5, 0.6) is 0 Å². The molecule has 1 amide bonds. The Hall–Kier alpha value is -2.34. The van der Waals surface area contributed by atoms with Crippen molar-refractivity contribution in [2.45, 2.75) is 25.9 Å². The molecule has 3 aromatic rings. The second-order valence-electron chi connectivity index (χ2n) is 8.86. The lowest BCUT2D eigenvalue weighted by Gasteiger charge is -2.35. The Labute approximate surface area is 194 Å². The molecule has 2 fully saturated rings. The van der Waals surface area contributed by atoms with Crippen LogP contribution in [0.1, 0.15) is 24.1 Å². The molecule has 0 aliphatic carbocycles. The van der Waals surface area contributed by atoms with Crippen LogP contribution in [0.15, 0.2) is 54.6 Å². The van der Waals surface area contributed by atoms with Gasteiger partial charge in [0.1, 0.15) is 0 Å². The third-order valence-corrected chi connectivity index (χ3v) is 7.20. The number of fused-ring (bicyclic) bond motifs is 1. The highest BCUT2D eigenvalue weighted by molar-refractivity contribution is 6.31. The van der Waals surface area contributed by atoms with Gasteiger partial charge in [-0.1, -0.05) is 48.0 Å². The minimum Gasteiger partial charge on any atom is -0.378 e. The average molecular weight is 452 g/mol. The normalized spacial score (nSPS) is 18.3. The summed E-state index contributed by atoms with van der Waals surface area (Å²) >= 11 is 6.48. The molecule has 0 atom stereocenters. The number of para-hydroxylation sites is 1. The lowest BCUT2D eigenvalue weighted by Crippen LogP contribution is -2.46. The monoisotopic (exact) mass is 451 g/mol. The van der Waals surface area contributed by atoms with Crippen LogP contribution in [0.25, 0.3) is 10.9 Å². The Kier molecular flexibility index (Phi) is 6.49. The van der Waals surface area contributed by atoms with Gasteiger partial charge in [-0.05, 0) is 55.1 Å². The molecule has 6 heteroatoms. The number of aromatic nitrogens is 1. The van der Waals surface area contributed by atoms with E-state index in [9.17, 15) is 4.79 Å². The maximum atomic E-state index is 12.9. The molecule has 2 aliphatic rings. The van der Waals surface area contributed by atoms with Gasteiger partial charge in [0, 0.05) is 48.3 Å². The van der Waals surface area contributed by atoms with Gasteiger partial charge < -0.3 is 14.2 Å². The molecule has 1 aromatic heterocycles. The number of amides is 1. The van der Waals surface area contributed by atoms with Crippen LogP contribution in [0, 0.1) is 5.92 Å². The molecular weight excluding hydrogens is 422 g/mol. The molecule has 3 heterocycles. The maximum Gasteiger partial charge on any atom is 0.225 e. The molecule has 2 aromatic carbocycles. The summed E-state index contributed by atoms with van der Waals surface area (Å²) < 4.78 is 7.78. The number of piperidine rings is 1. The number of hydrogen-bond acceptors (Lipinski definition) is 3. The van der Waals surface area contributed by atoms with Crippen molar-refractivity contribution in [3.05, 3.63) is 70.9 Å². The number of carbonyl (C=O) groups is 1. The van der Waals surface area contributed by atoms with E-state index in [0.29, 0.717) is 19.1 Å². The quantitative estimate of drug-likeness (QED) is 0.576. The first-order chi connectivity index (χ1) is 15.7. The highest BCUT2D eigenvalue weighted by Crippen LogP contribution is 2.27. The van der Waals surface area contributed by atoms with E-state index in [1.165, 1.54) is 16.6 Å². The number of halogens is 1. The molecule has 2 aliphatic heterocycles. The summed E-state index contributed by atoms with van der Waals surface area (Å²) in [5.74, 6) is 0.471. The van der Waals surface area contributed by atoms with E-state index in [2.05, 4.69) is 45.9 Å². The predicted molar refractivity (Wildman–Crippen MR) is 128 cm³/mol. The van der Waals surface area contributed by atoms with Gasteiger partial charge in [-0.3, -0.25) is 9.69 Å². The predicted octanol–water partition coefficient (Wildman–Crippen LogP) is 4.41. The van der Waals surface area contributed by atoms with Crippen LogP contribution in [0.4, 0.5) is 0 Å². The molecule has 2 saturated heterocycles. The second kappa shape index (κ2) is 9.65. The second-order valence-corrected chi connectivity index (χ2v) is 9.27. The van der Waals surface area contributed by atoms with Crippen LogP contribution in [0.2, 0.25) is 5.02 Å². The zero-order valence-electron chi connectivity index (χ0n) is 18.4. The Morgan fingerprint density at radius 2 is 1.66 bits per heavy atom. The van der Waals surface area contributed by atoms with Crippen molar-refractivity contribution in [2.24, 2.45) is 5.92 Å². The lowest BCUT2D eigenvalue weighted by molar-refractivity contribution is -0.141. The highest BCUT2D eigenvalue weighted by Gasteiger charge is 2.29. The van der Waals surface area contributed by atoms with Crippen molar-refractivity contribution in [3.63, 3.8) is 0 Å². The minimum atomic E-state index is 0.151. The zero-order chi connectivity index (χ0) is 21.9. The molecule has 0 bridgehead atoms. The minimum absolute atomic E-state index is 0.151. The Balaban J connectivity index is 1.29. The standard InChI is InChI=1S/C26H30ClN3O2/c27-24-7-3-1-6-22(24)18-30-23(17-21-5-2-4-8-25(21)30)19-28-11-9-20(10-12-28)26(31)29-13-15-32-16-14-29/h1-8,17,20H,9-16,18-19H2. The molecule has 0 saturated carbocycles. The van der Waals surface area contributed by atoms with E-state index in [0.717, 1.165) is 62.7 Å². The smallest absolute Gasteiger partial charge is 0.225 e. The SMILES string of the molecule is O=C(C1CCN(Cc2cc3ccccc3n2Cc2ccccc2Cl)CC1)N1CCOCC1. The van der Waals surface area contributed by atoms with E-state index in [4.69, 9.17) is 16.3 Å². The number of morpholine rings is 1. The fourth-order valence-electron chi connectivity index (χ4n) is 4.99. The summed E-state index contributed by atoms with van der Waals surface area (Å²) in [5, 5.41) is 2.06. The van der Waals surface area contributed by atoms with Gasteiger partial charge in [-0.15, -0.1) is 0 Å². The van der Waals surface area contributed by atoms with Gasteiger partial charge in [0.2, 0.25) is 5.91 Å². The van der Waals surface area contributed by atoms with E-state index in [-0.39, 0.29) is 5.92 Å². The number of benzene rings is 2. The molecule has 32 heavy (non-hydrogen) atoms. The fourth-order valence-corrected chi connectivity index (χ4v) is 5.19. The Bertz CT molecular complexity index is 1080.